The van der Waals surface area contributed by atoms with E-state index in [1.807, 2.05) is 11.6 Å². The fourth-order valence-corrected chi connectivity index (χ4v) is 2.83. The van der Waals surface area contributed by atoms with Gasteiger partial charge in [-0.05, 0) is 30.5 Å². The van der Waals surface area contributed by atoms with Gasteiger partial charge in [0.25, 0.3) is 0 Å². The normalized spacial score (nSPS) is 12.6. The average molecular weight is 276 g/mol. The van der Waals surface area contributed by atoms with Crippen molar-refractivity contribution in [1.29, 1.82) is 0 Å². The minimum atomic E-state index is 0.148. The van der Waals surface area contributed by atoms with Crippen molar-refractivity contribution < 1.29 is 4.74 Å². The second-order valence-electron chi connectivity index (χ2n) is 4.54. The van der Waals surface area contributed by atoms with E-state index >= 15 is 0 Å². The molecule has 0 bridgehead atoms. The average Bonchev–Trinajstić information content (AvgIpc) is 2.92. The molecule has 0 spiro atoms. The van der Waals surface area contributed by atoms with Crippen molar-refractivity contribution in [3.05, 3.63) is 51.5 Å². The van der Waals surface area contributed by atoms with Crippen LogP contribution in [0, 0.1) is 13.8 Å². The molecule has 1 aromatic heterocycles. The van der Waals surface area contributed by atoms with E-state index in [0.29, 0.717) is 6.61 Å². The van der Waals surface area contributed by atoms with Crippen LogP contribution in [0.1, 0.15) is 27.7 Å². The second-order valence-corrected chi connectivity index (χ2v) is 5.47. The van der Waals surface area contributed by atoms with Crippen LogP contribution in [0.15, 0.2) is 29.8 Å². The SMILES string of the molecule is COCCNC(c1nccs1)c1cccc(C)c1C. The van der Waals surface area contributed by atoms with Crippen molar-refractivity contribution >= 4 is 11.3 Å². The standard InChI is InChI=1S/C15H20N2OS/c1-11-5-4-6-13(12(11)2)14(16-7-9-18-3)15-17-8-10-19-15/h4-6,8,10,14,16H,7,9H2,1-3H3. The first kappa shape index (κ1) is 14.2. The number of ether oxygens (including phenoxy) is 1. The number of nitrogens with zero attached hydrogens (tertiary/aromatic N) is 1. The summed E-state index contributed by atoms with van der Waals surface area (Å²) >= 11 is 1.68. The third-order valence-corrected chi connectivity index (χ3v) is 4.15. The number of nitrogens with one attached hydrogen (secondary N) is 1. The van der Waals surface area contributed by atoms with Crippen LogP contribution in [0.2, 0.25) is 0 Å². The summed E-state index contributed by atoms with van der Waals surface area (Å²) in [6.07, 6.45) is 1.86. The molecular weight excluding hydrogens is 256 g/mol. The number of hydrogen-bond acceptors (Lipinski definition) is 4. The maximum absolute atomic E-state index is 5.12. The number of aryl methyl sites for hydroxylation is 1. The van der Waals surface area contributed by atoms with Gasteiger partial charge in [0.2, 0.25) is 0 Å². The summed E-state index contributed by atoms with van der Waals surface area (Å²) in [5, 5.41) is 6.65. The minimum absolute atomic E-state index is 0.148. The highest BCUT2D eigenvalue weighted by atomic mass is 32.1. The zero-order valence-electron chi connectivity index (χ0n) is 11.6. The summed E-state index contributed by atoms with van der Waals surface area (Å²) in [6.45, 7) is 5.83. The molecule has 4 heteroatoms. The summed E-state index contributed by atoms with van der Waals surface area (Å²) in [5.41, 5.74) is 3.94. The molecule has 102 valence electrons. The Morgan fingerprint density at radius 2 is 2.21 bits per heavy atom. The van der Waals surface area contributed by atoms with E-state index < -0.39 is 0 Å². The Morgan fingerprint density at radius 3 is 2.89 bits per heavy atom. The fourth-order valence-electron chi connectivity index (χ4n) is 2.10. The van der Waals surface area contributed by atoms with Crippen molar-refractivity contribution in [2.45, 2.75) is 19.9 Å². The smallest absolute Gasteiger partial charge is 0.114 e. The molecule has 1 unspecified atom stereocenters. The van der Waals surface area contributed by atoms with Crippen LogP contribution in [0.5, 0.6) is 0 Å². The molecule has 1 heterocycles. The molecule has 1 atom stereocenters. The highest BCUT2D eigenvalue weighted by Crippen LogP contribution is 2.27. The topological polar surface area (TPSA) is 34.1 Å². The third-order valence-electron chi connectivity index (χ3n) is 3.31. The number of rotatable bonds is 6. The Morgan fingerprint density at radius 1 is 1.37 bits per heavy atom. The van der Waals surface area contributed by atoms with E-state index in [1.54, 1.807) is 18.4 Å². The third kappa shape index (κ3) is 3.41. The van der Waals surface area contributed by atoms with Crippen LogP contribution < -0.4 is 5.32 Å². The van der Waals surface area contributed by atoms with E-state index in [2.05, 4.69) is 42.3 Å². The van der Waals surface area contributed by atoms with Crippen LogP contribution in [-0.4, -0.2) is 25.2 Å². The zero-order chi connectivity index (χ0) is 13.7. The summed E-state index contributed by atoms with van der Waals surface area (Å²) in [7, 11) is 1.72. The Labute approximate surface area is 118 Å². The van der Waals surface area contributed by atoms with Crippen molar-refractivity contribution in [2.75, 3.05) is 20.3 Å². The largest absolute Gasteiger partial charge is 0.383 e. The van der Waals surface area contributed by atoms with Crippen LogP contribution in [0.3, 0.4) is 0 Å². The molecule has 0 aliphatic carbocycles. The first-order chi connectivity index (χ1) is 9.24. The molecular formula is C15H20N2OS. The number of aromatic nitrogens is 1. The van der Waals surface area contributed by atoms with Crippen molar-refractivity contribution in [1.82, 2.24) is 10.3 Å². The predicted octanol–water partition coefficient (Wildman–Crippen LogP) is 3.09. The molecule has 0 aliphatic heterocycles. The fraction of sp³-hybridized carbons (Fsp3) is 0.400. The van der Waals surface area contributed by atoms with Crippen molar-refractivity contribution in [3.8, 4) is 0 Å². The molecule has 0 fully saturated rings. The van der Waals surface area contributed by atoms with Gasteiger partial charge in [0, 0.05) is 25.2 Å². The predicted molar refractivity (Wildman–Crippen MR) is 79.8 cm³/mol. The van der Waals surface area contributed by atoms with Crippen LogP contribution in [-0.2, 0) is 4.74 Å². The number of hydrogen-bond donors (Lipinski definition) is 1. The number of thiazole rings is 1. The lowest BCUT2D eigenvalue weighted by Crippen LogP contribution is -2.26. The Kier molecular flexibility index (Phi) is 5.07. The van der Waals surface area contributed by atoms with Gasteiger partial charge < -0.3 is 10.1 Å². The highest BCUT2D eigenvalue weighted by molar-refractivity contribution is 7.09. The summed E-state index contributed by atoms with van der Waals surface area (Å²) < 4.78 is 5.12. The van der Waals surface area contributed by atoms with E-state index in [-0.39, 0.29) is 6.04 Å². The van der Waals surface area contributed by atoms with Gasteiger partial charge in [0.05, 0.1) is 12.6 Å². The first-order valence-corrected chi connectivity index (χ1v) is 7.30. The van der Waals surface area contributed by atoms with Gasteiger partial charge in [-0.3, -0.25) is 0 Å². The Bertz CT molecular complexity index is 511. The highest BCUT2D eigenvalue weighted by Gasteiger charge is 2.18. The van der Waals surface area contributed by atoms with Crippen LogP contribution >= 0.6 is 11.3 Å². The molecule has 1 aromatic carbocycles. The van der Waals surface area contributed by atoms with Gasteiger partial charge >= 0.3 is 0 Å². The second kappa shape index (κ2) is 6.80. The quantitative estimate of drug-likeness (QED) is 0.823. The van der Waals surface area contributed by atoms with Gasteiger partial charge in [-0.1, -0.05) is 18.2 Å². The van der Waals surface area contributed by atoms with E-state index in [0.717, 1.165) is 11.6 Å². The summed E-state index contributed by atoms with van der Waals surface area (Å²) in [4.78, 5) is 4.46. The monoisotopic (exact) mass is 276 g/mol. The van der Waals surface area contributed by atoms with Gasteiger partial charge in [0.1, 0.15) is 5.01 Å². The van der Waals surface area contributed by atoms with Crippen LogP contribution in [0.25, 0.3) is 0 Å². The molecule has 0 radical (unpaired) electrons. The summed E-state index contributed by atoms with van der Waals surface area (Å²) in [6, 6.07) is 6.58. The summed E-state index contributed by atoms with van der Waals surface area (Å²) in [5.74, 6) is 0. The Balaban J connectivity index is 2.29. The molecule has 1 N–H and O–H groups in total. The van der Waals surface area contributed by atoms with Gasteiger partial charge in [-0.2, -0.15) is 0 Å². The molecule has 0 amide bonds. The number of methoxy groups -OCH3 is 1. The lowest BCUT2D eigenvalue weighted by Gasteiger charge is -2.20. The molecule has 3 nitrogen and oxygen atoms in total. The van der Waals surface area contributed by atoms with E-state index in [9.17, 15) is 0 Å². The van der Waals surface area contributed by atoms with Crippen molar-refractivity contribution in [3.63, 3.8) is 0 Å². The number of benzene rings is 1. The van der Waals surface area contributed by atoms with Crippen LogP contribution in [0.4, 0.5) is 0 Å². The maximum atomic E-state index is 5.12. The van der Waals surface area contributed by atoms with Gasteiger partial charge in [0.15, 0.2) is 0 Å². The van der Waals surface area contributed by atoms with E-state index in [1.165, 1.54) is 16.7 Å². The molecule has 0 aliphatic rings. The molecule has 19 heavy (non-hydrogen) atoms. The first-order valence-electron chi connectivity index (χ1n) is 6.42. The van der Waals surface area contributed by atoms with Gasteiger partial charge in [-0.25, -0.2) is 4.98 Å². The lowest BCUT2D eigenvalue weighted by molar-refractivity contribution is 0.197. The molecule has 2 rings (SSSR count). The molecule has 2 aromatic rings. The van der Waals surface area contributed by atoms with E-state index in [4.69, 9.17) is 4.74 Å². The molecule has 0 saturated heterocycles. The Hall–Kier alpha value is -1.23. The minimum Gasteiger partial charge on any atom is -0.383 e. The maximum Gasteiger partial charge on any atom is 0.114 e. The molecule has 0 saturated carbocycles. The van der Waals surface area contributed by atoms with Crippen molar-refractivity contribution in [2.24, 2.45) is 0 Å². The lowest BCUT2D eigenvalue weighted by atomic mass is 9.97. The van der Waals surface area contributed by atoms with Gasteiger partial charge in [-0.15, -0.1) is 11.3 Å². The zero-order valence-corrected chi connectivity index (χ0v) is 12.5.